The van der Waals surface area contributed by atoms with Crippen LogP contribution < -0.4 is 15.8 Å². The summed E-state index contributed by atoms with van der Waals surface area (Å²) in [5.74, 6) is -1.54. The average molecular weight is 463 g/mol. The van der Waals surface area contributed by atoms with E-state index in [0.717, 1.165) is 11.1 Å². The van der Waals surface area contributed by atoms with Crippen molar-refractivity contribution in [3.05, 3.63) is 65.7 Å². The number of nitrogens with two attached hydrogens (primary N) is 1. The number of hydrogen-bond acceptors (Lipinski definition) is 6. The van der Waals surface area contributed by atoms with Gasteiger partial charge in [0.25, 0.3) is 10.0 Å². The van der Waals surface area contributed by atoms with Crippen LogP contribution in [0.2, 0.25) is 0 Å². The third-order valence-electron chi connectivity index (χ3n) is 4.31. The highest BCUT2D eigenvalue weighted by molar-refractivity contribution is 7.90. The van der Waals surface area contributed by atoms with Crippen molar-refractivity contribution in [3.8, 4) is 0 Å². The second kappa shape index (κ2) is 11.7. The van der Waals surface area contributed by atoms with E-state index < -0.39 is 28.1 Å². The monoisotopic (exact) mass is 462 g/mol. The standard InChI is InChI=1S/C21H26N4O6S/c1-15-9-11-17(12-10-15)32(29,30)25-20(22)23-13-5-8-18(19(26)27)24-21(28)31-14-16-6-3-2-4-7-16/h2-4,6-7,9-12,18H,5,8,13-14H2,1H3,(H,24,28)(H,26,27)(H3,22,23,25)/t18-/m0/s1. The minimum atomic E-state index is -3.86. The highest BCUT2D eigenvalue weighted by Gasteiger charge is 2.20. The van der Waals surface area contributed by atoms with Gasteiger partial charge >= 0.3 is 12.1 Å². The van der Waals surface area contributed by atoms with Gasteiger partial charge in [-0.05, 0) is 37.5 Å². The molecule has 0 aliphatic carbocycles. The van der Waals surface area contributed by atoms with E-state index in [0.29, 0.717) is 0 Å². The molecule has 0 unspecified atom stereocenters. The van der Waals surface area contributed by atoms with E-state index in [1.807, 2.05) is 13.0 Å². The zero-order valence-electron chi connectivity index (χ0n) is 17.5. The predicted octanol–water partition coefficient (Wildman–Crippen LogP) is 1.75. The van der Waals surface area contributed by atoms with Crippen LogP contribution >= 0.6 is 0 Å². The highest BCUT2D eigenvalue weighted by atomic mass is 32.2. The number of carboxylic acids is 1. The number of aryl methyl sites for hydroxylation is 1. The minimum absolute atomic E-state index is 0.0148. The van der Waals surface area contributed by atoms with Crippen LogP contribution in [0.15, 0.2) is 64.5 Å². The number of carbonyl (C=O) groups excluding carboxylic acids is 1. The van der Waals surface area contributed by atoms with Crippen LogP contribution in [0, 0.1) is 6.92 Å². The molecule has 2 rings (SSSR count). The maximum absolute atomic E-state index is 12.3. The number of benzene rings is 2. The van der Waals surface area contributed by atoms with Crippen molar-refractivity contribution in [2.24, 2.45) is 10.7 Å². The molecule has 11 heteroatoms. The van der Waals surface area contributed by atoms with Crippen molar-refractivity contribution in [3.63, 3.8) is 0 Å². The Morgan fingerprint density at radius 1 is 1.12 bits per heavy atom. The quantitative estimate of drug-likeness (QED) is 0.238. The van der Waals surface area contributed by atoms with Gasteiger partial charge in [-0.3, -0.25) is 4.99 Å². The van der Waals surface area contributed by atoms with Gasteiger partial charge in [-0.15, -0.1) is 0 Å². The first kappa shape index (κ1) is 24.7. The van der Waals surface area contributed by atoms with Crippen molar-refractivity contribution in [2.75, 3.05) is 6.54 Å². The molecule has 2 aromatic rings. The zero-order valence-corrected chi connectivity index (χ0v) is 18.3. The lowest BCUT2D eigenvalue weighted by Crippen LogP contribution is -2.41. The summed E-state index contributed by atoms with van der Waals surface area (Å²) in [4.78, 5) is 27.2. The molecular weight excluding hydrogens is 436 g/mol. The molecule has 5 N–H and O–H groups in total. The molecule has 0 heterocycles. The molecule has 0 bridgehead atoms. The van der Waals surface area contributed by atoms with E-state index >= 15 is 0 Å². The molecule has 172 valence electrons. The van der Waals surface area contributed by atoms with Gasteiger partial charge in [-0.2, -0.15) is 0 Å². The van der Waals surface area contributed by atoms with Crippen LogP contribution in [-0.4, -0.2) is 44.1 Å². The fourth-order valence-corrected chi connectivity index (χ4v) is 3.56. The number of carbonyl (C=O) groups is 2. The van der Waals surface area contributed by atoms with Gasteiger partial charge in [0, 0.05) is 6.54 Å². The number of nitrogens with one attached hydrogen (secondary N) is 2. The largest absolute Gasteiger partial charge is 0.480 e. The Labute approximate surface area is 186 Å². The lowest BCUT2D eigenvalue weighted by Gasteiger charge is -2.14. The summed E-state index contributed by atoms with van der Waals surface area (Å²) < 4.78 is 31.7. The molecule has 1 amide bonds. The number of rotatable bonds is 10. The SMILES string of the molecule is Cc1ccc(S(=O)(=O)NC(N)=NCCC[C@H](NC(=O)OCc2ccccc2)C(=O)O)cc1. The Balaban J connectivity index is 1.79. The number of hydrogen-bond donors (Lipinski definition) is 4. The smallest absolute Gasteiger partial charge is 0.408 e. The van der Waals surface area contributed by atoms with Crippen molar-refractivity contribution in [1.82, 2.24) is 10.0 Å². The average Bonchev–Trinajstić information content (AvgIpc) is 2.75. The topological polar surface area (TPSA) is 160 Å². The van der Waals surface area contributed by atoms with Gasteiger partial charge in [0.15, 0.2) is 0 Å². The Hall–Kier alpha value is -3.60. The van der Waals surface area contributed by atoms with E-state index in [2.05, 4.69) is 15.0 Å². The Kier molecular flexibility index (Phi) is 9.02. The zero-order chi connectivity index (χ0) is 23.6. The van der Waals surface area contributed by atoms with E-state index in [1.165, 1.54) is 12.1 Å². The van der Waals surface area contributed by atoms with Gasteiger partial charge in [0.05, 0.1) is 4.90 Å². The summed E-state index contributed by atoms with van der Waals surface area (Å²) in [7, 11) is -3.86. The maximum atomic E-state index is 12.3. The fourth-order valence-electron chi connectivity index (χ4n) is 2.61. The van der Waals surface area contributed by atoms with Crippen molar-refractivity contribution >= 4 is 28.0 Å². The number of ether oxygens (including phenoxy) is 1. The first-order valence-electron chi connectivity index (χ1n) is 9.77. The van der Waals surface area contributed by atoms with Gasteiger partial charge in [0.2, 0.25) is 5.96 Å². The molecule has 0 spiro atoms. The minimum Gasteiger partial charge on any atom is -0.480 e. The van der Waals surface area contributed by atoms with Crippen LogP contribution in [-0.2, 0) is 26.2 Å². The van der Waals surface area contributed by atoms with Crippen LogP contribution in [0.1, 0.15) is 24.0 Å². The summed E-state index contributed by atoms with van der Waals surface area (Å²) in [5.41, 5.74) is 7.32. The van der Waals surface area contributed by atoms with E-state index in [4.69, 9.17) is 10.5 Å². The van der Waals surface area contributed by atoms with Crippen LogP contribution in [0.5, 0.6) is 0 Å². The number of alkyl carbamates (subject to hydrolysis) is 1. The summed E-state index contributed by atoms with van der Waals surface area (Å²) in [5, 5.41) is 11.6. The first-order chi connectivity index (χ1) is 15.2. The molecule has 0 saturated carbocycles. The number of guanidine groups is 1. The number of aliphatic imine (C=N–C) groups is 1. The predicted molar refractivity (Wildman–Crippen MR) is 118 cm³/mol. The molecule has 0 saturated heterocycles. The number of aliphatic carboxylic acids is 1. The molecule has 2 aromatic carbocycles. The Morgan fingerprint density at radius 2 is 1.78 bits per heavy atom. The van der Waals surface area contributed by atoms with Crippen molar-refractivity contribution in [1.29, 1.82) is 0 Å². The second-order valence-corrected chi connectivity index (χ2v) is 8.61. The van der Waals surface area contributed by atoms with Crippen molar-refractivity contribution < 1.29 is 27.9 Å². The highest BCUT2D eigenvalue weighted by Crippen LogP contribution is 2.09. The van der Waals surface area contributed by atoms with Crippen LogP contribution in [0.4, 0.5) is 4.79 Å². The summed E-state index contributed by atoms with van der Waals surface area (Å²) in [6, 6.07) is 14.0. The first-order valence-corrected chi connectivity index (χ1v) is 11.2. The van der Waals surface area contributed by atoms with E-state index in [9.17, 15) is 23.1 Å². The number of amides is 1. The molecule has 0 aromatic heterocycles. The van der Waals surface area contributed by atoms with Gasteiger partial charge < -0.3 is 20.9 Å². The lowest BCUT2D eigenvalue weighted by molar-refractivity contribution is -0.139. The molecule has 0 radical (unpaired) electrons. The van der Waals surface area contributed by atoms with E-state index in [-0.39, 0.29) is 36.8 Å². The fraction of sp³-hybridized carbons (Fsp3) is 0.286. The lowest BCUT2D eigenvalue weighted by atomic mass is 10.1. The molecule has 0 aliphatic heterocycles. The summed E-state index contributed by atoms with van der Waals surface area (Å²) >= 11 is 0. The molecular formula is C21H26N4O6S. The van der Waals surface area contributed by atoms with Gasteiger partial charge in [-0.1, -0.05) is 48.0 Å². The molecule has 0 aliphatic rings. The van der Waals surface area contributed by atoms with Crippen molar-refractivity contribution in [2.45, 2.75) is 37.3 Å². The number of sulfonamides is 1. The number of nitrogens with zero attached hydrogens (tertiary/aromatic N) is 1. The molecule has 0 fully saturated rings. The summed E-state index contributed by atoms with van der Waals surface area (Å²) in [6.07, 6.45) is -0.560. The van der Waals surface area contributed by atoms with Crippen LogP contribution in [0.3, 0.4) is 0 Å². The van der Waals surface area contributed by atoms with E-state index in [1.54, 1.807) is 36.4 Å². The number of carboxylic acid groups (broad SMARTS) is 1. The molecule has 1 atom stereocenters. The second-order valence-electron chi connectivity index (χ2n) is 6.92. The Bertz CT molecular complexity index is 1040. The third kappa shape index (κ3) is 8.26. The third-order valence-corrected chi connectivity index (χ3v) is 5.68. The van der Waals surface area contributed by atoms with Crippen LogP contribution in [0.25, 0.3) is 0 Å². The Morgan fingerprint density at radius 3 is 2.41 bits per heavy atom. The summed E-state index contributed by atoms with van der Waals surface area (Å²) in [6.45, 7) is 1.91. The molecule has 32 heavy (non-hydrogen) atoms. The molecule has 10 nitrogen and oxygen atoms in total. The van der Waals surface area contributed by atoms with Gasteiger partial charge in [0.1, 0.15) is 12.6 Å². The maximum Gasteiger partial charge on any atom is 0.408 e. The van der Waals surface area contributed by atoms with Gasteiger partial charge in [-0.25, -0.2) is 22.7 Å². The normalized spacial score (nSPS) is 12.6.